The summed E-state index contributed by atoms with van der Waals surface area (Å²) in [6.45, 7) is 0. The summed E-state index contributed by atoms with van der Waals surface area (Å²) in [4.78, 5) is 39.1. The molecule has 1 heterocycles. The molecule has 0 spiro atoms. The van der Waals surface area contributed by atoms with Gasteiger partial charge in [0.25, 0.3) is 0 Å². The van der Waals surface area contributed by atoms with Gasteiger partial charge in [-0.05, 0) is 23.3 Å². The van der Waals surface area contributed by atoms with Crippen LogP contribution in [0, 0.1) is 0 Å². The van der Waals surface area contributed by atoms with Crippen molar-refractivity contribution in [3.63, 3.8) is 0 Å². The van der Waals surface area contributed by atoms with Gasteiger partial charge in [-0.15, -0.1) is 0 Å². The highest BCUT2D eigenvalue weighted by molar-refractivity contribution is 6.10. The molecule has 0 unspecified atom stereocenters. The van der Waals surface area contributed by atoms with Gasteiger partial charge in [-0.2, -0.15) is 0 Å². The summed E-state index contributed by atoms with van der Waals surface area (Å²) < 4.78 is 20.2. The molecule has 0 fully saturated rings. The molecule has 1 aliphatic heterocycles. The normalized spacial score (nSPS) is 20.2. The Labute approximate surface area is 179 Å². The zero-order valence-corrected chi connectivity index (χ0v) is 17.6. The van der Waals surface area contributed by atoms with Gasteiger partial charge in [0, 0.05) is 0 Å². The molecule has 1 N–H and O–H groups in total. The Morgan fingerprint density at radius 2 is 1.42 bits per heavy atom. The van der Waals surface area contributed by atoms with Crippen molar-refractivity contribution in [2.75, 3.05) is 28.4 Å². The van der Waals surface area contributed by atoms with E-state index < -0.39 is 29.5 Å². The zero-order chi connectivity index (χ0) is 22.6. The average molecular weight is 425 g/mol. The zero-order valence-electron chi connectivity index (χ0n) is 17.6. The van der Waals surface area contributed by atoms with E-state index in [1.54, 1.807) is 54.6 Å². The minimum absolute atomic E-state index is 0.0335. The third-order valence-corrected chi connectivity index (χ3v) is 5.24. The van der Waals surface area contributed by atoms with Crippen LogP contribution < -0.4 is 10.1 Å². The first-order valence-electron chi connectivity index (χ1n) is 9.41. The van der Waals surface area contributed by atoms with Crippen molar-refractivity contribution in [2.45, 2.75) is 11.6 Å². The third-order valence-electron chi connectivity index (χ3n) is 5.24. The van der Waals surface area contributed by atoms with E-state index in [1.165, 1.54) is 28.4 Å². The largest absolute Gasteiger partial charge is 0.497 e. The Bertz CT molecular complexity index is 1010. The van der Waals surface area contributed by atoms with E-state index in [2.05, 4.69) is 5.32 Å². The first kappa shape index (κ1) is 22.0. The third kappa shape index (κ3) is 3.66. The number of carbonyl (C=O) groups is 3. The maximum Gasteiger partial charge on any atom is 0.337 e. The van der Waals surface area contributed by atoms with Crippen molar-refractivity contribution in [3.8, 4) is 5.75 Å². The summed E-state index contributed by atoms with van der Waals surface area (Å²) in [7, 11) is 5.13. The predicted molar refractivity (Wildman–Crippen MR) is 110 cm³/mol. The molecule has 3 rings (SSSR count). The number of ether oxygens (including phenoxy) is 4. The number of nitrogens with one attached hydrogen (secondary N) is 1. The number of hydrogen-bond donors (Lipinski definition) is 1. The lowest BCUT2D eigenvalue weighted by molar-refractivity contribution is -0.150. The van der Waals surface area contributed by atoms with Gasteiger partial charge >= 0.3 is 17.9 Å². The summed E-state index contributed by atoms with van der Waals surface area (Å²) in [5, 5.41) is 3.16. The van der Waals surface area contributed by atoms with E-state index in [0.717, 1.165) is 0 Å². The lowest BCUT2D eigenvalue weighted by Gasteiger charge is -2.30. The molecule has 1 aliphatic rings. The van der Waals surface area contributed by atoms with Crippen molar-refractivity contribution in [2.24, 2.45) is 0 Å². The lowest BCUT2D eigenvalue weighted by atomic mass is 9.82. The van der Waals surface area contributed by atoms with Gasteiger partial charge in [-0.1, -0.05) is 42.5 Å². The van der Waals surface area contributed by atoms with E-state index >= 15 is 0 Å². The fraction of sp³-hybridized carbons (Fsp3) is 0.261. The molecule has 8 heteroatoms. The molecule has 2 aromatic carbocycles. The van der Waals surface area contributed by atoms with E-state index in [-0.39, 0.29) is 11.1 Å². The number of methoxy groups -OCH3 is 4. The van der Waals surface area contributed by atoms with Gasteiger partial charge in [0.1, 0.15) is 5.75 Å². The molecular formula is C23H23NO7. The van der Waals surface area contributed by atoms with Crippen LogP contribution in [0.15, 0.2) is 65.7 Å². The molecule has 8 nitrogen and oxygen atoms in total. The van der Waals surface area contributed by atoms with Crippen LogP contribution in [0.4, 0.5) is 0 Å². The van der Waals surface area contributed by atoms with Crippen molar-refractivity contribution in [1.82, 2.24) is 5.32 Å². The second-order valence-corrected chi connectivity index (χ2v) is 6.73. The first-order chi connectivity index (χ1) is 14.9. The fourth-order valence-electron chi connectivity index (χ4n) is 3.80. The molecule has 0 saturated carbocycles. The molecule has 31 heavy (non-hydrogen) atoms. The van der Waals surface area contributed by atoms with Gasteiger partial charge in [-0.3, -0.25) is 5.32 Å². The number of esters is 3. The van der Waals surface area contributed by atoms with Crippen molar-refractivity contribution < 1.29 is 33.3 Å². The minimum atomic E-state index is -1.78. The van der Waals surface area contributed by atoms with E-state index in [1.807, 2.05) is 0 Å². The van der Waals surface area contributed by atoms with Crippen LogP contribution in [-0.2, 0) is 34.1 Å². The minimum Gasteiger partial charge on any atom is -0.497 e. The molecule has 162 valence electrons. The van der Waals surface area contributed by atoms with Gasteiger partial charge in [-0.25, -0.2) is 14.4 Å². The molecule has 0 aromatic heterocycles. The highest BCUT2D eigenvalue weighted by atomic mass is 16.5. The summed E-state index contributed by atoms with van der Waals surface area (Å²) in [5.41, 5.74) is -0.963. The van der Waals surface area contributed by atoms with Crippen molar-refractivity contribution in [1.29, 1.82) is 0 Å². The van der Waals surface area contributed by atoms with Gasteiger partial charge in [0.15, 0.2) is 5.54 Å². The Kier molecular flexibility index (Phi) is 6.41. The molecule has 2 aromatic rings. The van der Waals surface area contributed by atoms with Crippen LogP contribution in [0.1, 0.15) is 17.2 Å². The molecule has 0 aliphatic carbocycles. The maximum absolute atomic E-state index is 13.2. The van der Waals surface area contributed by atoms with Crippen LogP contribution in [0.25, 0.3) is 0 Å². The topological polar surface area (TPSA) is 100 Å². The number of rotatable bonds is 6. The Hall–Kier alpha value is -3.65. The summed E-state index contributed by atoms with van der Waals surface area (Å²) in [5.74, 6) is -1.77. The maximum atomic E-state index is 13.2. The molecule has 0 radical (unpaired) electrons. The molecule has 0 saturated heterocycles. The van der Waals surface area contributed by atoms with Crippen LogP contribution in [0.3, 0.4) is 0 Å². The van der Waals surface area contributed by atoms with E-state index in [4.69, 9.17) is 18.9 Å². The summed E-state index contributed by atoms with van der Waals surface area (Å²) >= 11 is 0. The van der Waals surface area contributed by atoms with Crippen molar-refractivity contribution >= 4 is 17.9 Å². The van der Waals surface area contributed by atoms with Gasteiger partial charge in [0.2, 0.25) is 0 Å². The standard InChI is InChI=1S/C23H23NO7/c1-28-16-12-10-14(11-13-16)19-17(20(25)29-2)18(21(26)30-3)23(24-19,22(27)31-4)15-8-6-5-7-9-15/h5-13,19,24H,1-4H3/t19-,23-/m0/s1. The van der Waals surface area contributed by atoms with Crippen molar-refractivity contribution in [3.05, 3.63) is 76.9 Å². The Morgan fingerprint density at radius 1 is 0.806 bits per heavy atom. The lowest BCUT2D eigenvalue weighted by Crippen LogP contribution is -2.50. The molecular weight excluding hydrogens is 402 g/mol. The molecule has 0 bridgehead atoms. The fourth-order valence-corrected chi connectivity index (χ4v) is 3.80. The van der Waals surface area contributed by atoms with Crippen LogP contribution >= 0.6 is 0 Å². The van der Waals surface area contributed by atoms with Gasteiger partial charge in [0.05, 0.1) is 45.6 Å². The quantitative estimate of drug-likeness (QED) is 0.555. The highest BCUT2D eigenvalue weighted by Gasteiger charge is 2.58. The summed E-state index contributed by atoms with van der Waals surface area (Å²) in [6.07, 6.45) is 0. The number of benzene rings is 2. The number of carbonyl (C=O) groups excluding carboxylic acids is 3. The SMILES string of the molecule is COC(=O)C1=C(C(=O)OC)[C@](C(=O)OC)(c2ccccc2)N[C@H]1c1ccc(OC)cc1. The first-order valence-corrected chi connectivity index (χ1v) is 9.41. The summed E-state index contributed by atoms with van der Waals surface area (Å²) in [6, 6.07) is 14.6. The molecule has 2 atom stereocenters. The van der Waals surface area contributed by atoms with E-state index in [0.29, 0.717) is 16.9 Å². The Balaban J connectivity index is 2.35. The Morgan fingerprint density at radius 3 is 1.94 bits per heavy atom. The van der Waals surface area contributed by atoms with Crippen LogP contribution in [0.2, 0.25) is 0 Å². The smallest absolute Gasteiger partial charge is 0.337 e. The monoisotopic (exact) mass is 425 g/mol. The molecule has 0 amide bonds. The predicted octanol–water partition coefficient (Wildman–Crippen LogP) is 2.05. The van der Waals surface area contributed by atoms with Crippen LogP contribution in [0.5, 0.6) is 5.75 Å². The highest BCUT2D eigenvalue weighted by Crippen LogP contribution is 2.46. The van der Waals surface area contributed by atoms with Crippen LogP contribution in [-0.4, -0.2) is 46.3 Å². The van der Waals surface area contributed by atoms with E-state index in [9.17, 15) is 14.4 Å². The average Bonchev–Trinajstić information content (AvgIpc) is 3.20. The second kappa shape index (κ2) is 9.01. The number of hydrogen-bond acceptors (Lipinski definition) is 8. The van der Waals surface area contributed by atoms with Gasteiger partial charge < -0.3 is 18.9 Å². The second-order valence-electron chi connectivity index (χ2n) is 6.73.